The molecule has 2 aromatic carbocycles. The molecule has 2 fully saturated rings. The number of ether oxygens (including phenoxy) is 3. The lowest BCUT2D eigenvalue weighted by molar-refractivity contribution is 0.135. The molecular formula is C44H61N13O3. The fourth-order valence-electron chi connectivity index (χ4n) is 7.58. The molecule has 0 amide bonds. The lowest BCUT2D eigenvalue weighted by Crippen LogP contribution is -2.32. The molecule has 16 heteroatoms. The maximum atomic E-state index is 6.20. The minimum absolute atomic E-state index is 0.0135. The molecular weight excluding hydrogens is 759 g/mol. The third-order valence-corrected chi connectivity index (χ3v) is 11.3. The van der Waals surface area contributed by atoms with Crippen LogP contribution in [0.3, 0.4) is 0 Å². The van der Waals surface area contributed by atoms with Crippen LogP contribution in [-0.2, 0) is 0 Å². The van der Waals surface area contributed by atoms with Crippen LogP contribution in [0.4, 0.5) is 17.8 Å². The first-order chi connectivity index (χ1) is 29.0. The summed E-state index contributed by atoms with van der Waals surface area (Å²) in [6.07, 6.45) is 8.69. The van der Waals surface area contributed by atoms with Crippen molar-refractivity contribution in [3.05, 3.63) is 83.2 Å². The maximum Gasteiger partial charge on any atom is 0.322 e. The number of benzene rings is 2. The van der Waals surface area contributed by atoms with Gasteiger partial charge in [-0.05, 0) is 99.7 Å². The minimum atomic E-state index is -0.0135. The largest absolute Gasteiger partial charge is 0.497 e. The fraction of sp³-hybridized carbons (Fsp3) is 0.500. The summed E-state index contributed by atoms with van der Waals surface area (Å²) in [5, 5.41) is 22.9. The predicted molar refractivity (Wildman–Crippen MR) is 236 cm³/mol. The number of hydrogen-bond acceptors (Lipinski definition) is 14. The van der Waals surface area contributed by atoms with Crippen LogP contribution in [0.1, 0.15) is 120 Å². The van der Waals surface area contributed by atoms with Gasteiger partial charge in [-0.3, -0.25) is 0 Å². The van der Waals surface area contributed by atoms with E-state index in [9.17, 15) is 0 Å². The van der Waals surface area contributed by atoms with Gasteiger partial charge >= 0.3 is 6.01 Å². The molecule has 2 aliphatic rings. The quantitative estimate of drug-likeness (QED) is 0.0738. The van der Waals surface area contributed by atoms with Gasteiger partial charge in [0.15, 0.2) is 11.3 Å². The van der Waals surface area contributed by atoms with Gasteiger partial charge in [-0.25, -0.2) is 0 Å². The highest BCUT2D eigenvalue weighted by atomic mass is 16.5. The summed E-state index contributed by atoms with van der Waals surface area (Å²) >= 11 is 0. The highest BCUT2D eigenvalue weighted by Gasteiger charge is 2.24. The average molecular weight is 820 g/mol. The van der Waals surface area contributed by atoms with E-state index in [1.807, 2.05) is 48.8 Å². The summed E-state index contributed by atoms with van der Waals surface area (Å²) in [5.74, 6) is 4.18. The van der Waals surface area contributed by atoms with E-state index in [1.165, 1.54) is 0 Å². The van der Waals surface area contributed by atoms with E-state index in [1.54, 1.807) is 23.3 Å². The summed E-state index contributed by atoms with van der Waals surface area (Å²) in [7, 11) is 3.35. The minimum Gasteiger partial charge on any atom is -0.497 e. The zero-order chi connectivity index (χ0) is 42.3. The second kappa shape index (κ2) is 19.1. The Labute approximate surface area is 352 Å². The molecule has 0 spiro atoms. The molecule has 6 aromatic rings. The van der Waals surface area contributed by atoms with Gasteiger partial charge in [0.25, 0.3) is 0 Å². The fourth-order valence-corrected chi connectivity index (χ4v) is 7.58. The SMILES string of the molecule is COc1cccc([C@H](C)Nc2nc(NC3CCNC3)nc3c(C(C)C)cnn23)c1.COc1cccc([C@H](C)Nc2nc(OC3CCC(N)CC3)nc3c(C(C)C)cnn23)c1. The lowest BCUT2D eigenvalue weighted by atomic mass is 9.94. The number of fused-ring (bicyclic) bond motifs is 2. The normalized spacial score (nSPS) is 18.9. The molecule has 4 aromatic heterocycles. The summed E-state index contributed by atoms with van der Waals surface area (Å²) in [5.41, 5.74) is 12.0. The van der Waals surface area contributed by atoms with Gasteiger partial charge in [-0.15, -0.1) is 0 Å². The van der Waals surface area contributed by atoms with Crippen LogP contribution >= 0.6 is 0 Å². The Kier molecular flexibility index (Phi) is 13.5. The number of methoxy groups -OCH3 is 2. The third-order valence-electron chi connectivity index (χ3n) is 11.3. The zero-order valence-corrected chi connectivity index (χ0v) is 36.1. The first kappa shape index (κ1) is 42.4. The molecule has 320 valence electrons. The van der Waals surface area contributed by atoms with Crippen molar-refractivity contribution >= 4 is 29.1 Å². The highest BCUT2D eigenvalue weighted by Crippen LogP contribution is 2.29. The molecule has 1 unspecified atom stereocenters. The van der Waals surface area contributed by atoms with Crippen molar-refractivity contribution in [2.45, 2.75) is 116 Å². The Morgan fingerprint density at radius 1 is 0.700 bits per heavy atom. The number of rotatable bonds is 14. The first-order valence-corrected chi connectivity index (χ1v) is 21.2. The van der Waals surface area contributed by atoms with Gasteiger partial charge in [0.1, 0.15) is 17.6 Å². The topological polar surface area (TPSA) is 188 Å². The maximum absolute atomic E-state index is 6.20. The van der Waals surface area contributed by atoms with E-state index in [0.717, 1.165) is 90.2 Å². The Morgan fingerprint density at radius 2 is 1.25 bits per heavy atom. The Hall–Kier alpha value is -5.74. The van der Waals surface area contributed by atoms with Crippen molar-refractivity contribution in [3.8, 4) is 17.5 Å². The Morgan fingerprint density at radius 3 is 1.77 bits per heavy atom. The number of nitrogens with zero attached hydrogens (tertiary/aromatic N) is 8. The molecule has 60 heavy (non-hydrogen) atoms. The number of hydrogen-bond donors (Lipinski definition) is 5. The molecule has 8 rings (SSSR count). The van der Waals surface area contributed by atoms with Crippen molar-refractivity contribution < 1.29 is 14.2 Å². The third kappa shape index (κ3) is 9.99. The second-order valence-corrected chi connectivity index (χ2v) is 16.5. The molecule has 5 heterocycles. The molecule has 3 atom stereocenters. The van der Waals surface area contributed by atoms with E-state index in [2.05, 4.69) is 90.1 Å². The number of aromatic nitrogens is 8. The number of nitrogens with two attached hydrogens (primary N) is 1. The molecule has 0 bridgehead atoms. The zero-order valence-electron chi connectivity index (χ0n) is 36.1. The van der Waals surface area contributed by atoms with Gasteiger partial charge in [0.05, 0.1) is 38.7 Å². The highest BCUT2D eigenvalue weighted by molar-refractivity contribution is 5.57. The predicted octanol–water partition coefficient (Wildman–Crippen LogP) is 7.28. The van der Waals surface area contributed by atoms with Crippen LogP contribution < -0.4 is 41.2 Å². The van der Waals surface area contributed by atoms with Crippen molar-refractivity contribution in [1.29, 1.82) is 0 Å². The van der Waals surface area contributed by atoms with E-state index in [0.29, 0.717) is 35.8 Å². The molecule has 1 aliphatic heterocycles. The number of nitrogens with one attached hydrogen (secondary N) is 4. The molecule has 0 radical (unpaired) electrons. The molecule has 1 saturated carbocycles. The summed E-state index contributed by atoms with van der Waals surface area (Å²) in [4.78, 5) is 18.9. The van der Waals surface area contributed by atoms with Gasteiger partial charge in [0, 0.05) is 29.8 Å². The van der Waals surface area contributed by atoms with Crippen LogP contribution in [0.25, 0.3) is 11.3 Å². The van der Waals surface area contributed by atoms with Crippen LogP contribution in [0.2, 0.25) is 0 Å². The van der Waals surface area contributed by atoms with Crippen molar-refractivity contribution in [3.63, 3.8) is 0 Å². The van der Waals surface area contributed by atoms with Gasteiger partial charge < -0.3 is 41.2 Å². The average Bonchev–Trinajstić information content (AvgIpc) is 4.03. The van der Waals surface area contributed by atoms with Crippen LogP contribution in [0.15, 0.2) is 60.9 Å². The van der Waals surface area contributed by atoms with Crippen molar-refractivity contribution in [2.75, 3.05) is 43.3 Å². The monoisotopic (exact) mass is 820 g/mol. The molecule has 1 aliphatic carbocycles. The van der Waals surface area contributed by atoms with Crippen LogP contribution in [0, 0.1) is 0 Å². The van der Waals surface area contributed by atoms with Crippen LogP contribution in [0.5, 0.6) is 17.5 Å². The van der Waals surface area contributed by atoms with E-state index >= 15 is 0 Å². The smallest absolute Gasteiger partial charge is 0.322 e. The van der Waals surface area contributed by atoms with Crippen LogP contribution in [-0.4, -0.2) is 84.7 Å². The lowest BCUT2D eigenvalue weighted by Gasteiger charge is -2.26. The van der Waals surface area contributed by atoms with Crippen molar-refractivity contribution in [2.24, 2.45) is 5.73 Å². The second-order valence-electron chi connectivity index (χ2n) is 16.5. The Balaban J connectivity index is 0.000000182. The van der Waals surface area contributed by atoms with E-state index < -0.39 is 0 Å². The van der Waals surface area contributed by atoms with Gasteiger partial charge in [-0.1, -0.05) is 52.0 Å². The summed E-state index contributed by atoms with van der Waals surface area (Å²) in [6.45, 7) is 14.7. The molecule has 16 nitrogen and oxygen atoms in total. The first-order valence-electron chi connectivity index (χ1n) is 21.2. The molecule has 6 N–H and O–H groups in total. The standard InChI is InChI=1S/C23H32N6O2.C21H29N7O/c1-14(2)20-13-25-29-21(20)27-23(31-18-10-8-17(24)9-11-18)28-22(29)26-15(3)16-6-5-7-19(12-16)30-4;1-13(2)18-12-23-28-19(18)26-20(25-16-8-9-22-11-16)27-21(28)24-14(3)15-6-5-7-17(10-15)29-4/h5-7,12-15,17-18H,8-11,24H2,1-4H3,(H,26,27,28);5-7,10,12-14,16,22H,8-9,11H2,1-4H3,(H2,24,25,26,27)/t15-,17?,18?;14-,16?/m00/s1. The van der Waals surface area contributed by atoms with E-state index in [-0.39, 0.29) is 30.1 Å². The molecule has 1 saturated heterocycles. The Bertz CT molecular complexity index is 2330. The van der Waals surface area contributed by atoms with Crippen molar-refractivity contribution in [1.82, 2.24) is 44.5 Å². The summed E-state index contributed by atoms with van der Waals surface area (Å²) < 4.78 is 20.5. The van der Waals surface area contributed by atoms with Gasteiger partial charge in [-0.2, -0.15) is 39.2 Å². The van der Waals surface area contributed by atoms with E-state index in [4.69, 9.17) is 34.9 Å². The number of anilines is 3. The summed E-state index contributed by atoms with van der Waals surface area (Å²) in [6, 6.07) is 17.0. The van der Waals surface area contributed by atoms with Gasteiger partial charge in [0.2, 0.25) is 17.8 Å².